The molecule has 7 heteroatoms. The summed E-state index contributed by atoms with van der Waals surface area (Å²) in [4.78, 5) is 13.4. The number of hydrogen-bond donors (Lipinski definition) is 1. The van der Waals surface area contributed by atoms with Gasteiger partial charge in [0, 0.05) is 16.3 Å². The molecule has 0 atom stereocenters. The van der Waals surface area contributed by atoms with Crippen LogP contribution in [0, 0.1) is 13.8 Å². The van der Waals surface area contributed by atoms with Gasteiger partial charge in [0.15, 0.2) is 0 Å². The number of benzene rings is 2. The summed E-state index contributed by atoms with van der Waals surface area (Å²) in [5, 5.41) is 15.6. The van der Waals surface area contributed by atoms with Crippen LogP contribution in [0.15, 0.2) is 42.5 Å². The Kier molecular flexibility index (Phi) is 4.57. The van der Waals surface area contributed by atoms with Crippen molar-refractivity contribution in [1.29, 1.82) is 0 Å². The Morgan fingerprint density at radius 2 is 1.92 bits per heavy atom. The predicted molar refractivity (Wildman–Crippen MR) is 92.8 cm³/mol. The summed E-state index contributed by atoms with van der Waals surface area (Å²) < 4.78 is 0. The fraction of sp³-hybridized carbons (Fsp3) is 0.176. The Morgan fingerprint density at radius 3 is 2.67 bits per heavy atom. The monoisotopic (exact) mass is 341 g/mol. The number of aromatic nitrogens is 4. The zero-order valence-corrected chi connectivity index (χ0v) is 14.1. The van der Waals surface area contributed by atoms with E-state index < -0.39 is 0 Å². The van der Waals surface area contributed by atoms with E-state index in [4.69, 9.17) is 11.6 Å². The van der Waals surface area contributed by atoms with E-state index in [1.807, 2.05) is 38.1 Å². The average molecular weight is 342 g/mol. The quantitative estimate of drug-likeness (QED) is 0.790. The molecular weight excluding hydrogens is 326 g/mol. The van der Waals surface area contributed by atoms with Crippen molar-refractivity contribution in [1.82, 2.24) is 20.2 Å². The molecule has 1 amide bonds. The van der Waals surface area contributed by atoms with Crippen LogP contribution in [-0.2, 0) is 11.3 Å². The van der Waals surface area contributed by atoms with Crippen LogP contribution >= 0.6 is 11.6 Å². The standard InChI is InChI=1S/C17H16ClN5O/c1-11-6-8-13(9-7-11)17-20-22-23(21-17)10-16(24)19-15-5-3-4-14(18)12(15)2/h3-9H,10H2,1-2H3,(H,19,24). The molecule has 0 bridgehead atoms. The number of hydrogen-bond acceptors (Lipinski definition) is 4. The summed E-state index contributed by atoms with van der Waals surface area (Å²) in [6.07, 6.45) is 0. The van der Waals surface area contributed by atoms with E-state index in [9.17, 15) is 4.79 Å². The van der Waals surface area contributed by atoms with Gasteiger partial charge in [-0.15, -0.1) is 10.2 Å². The van der Waals surface area contributed by atoms with Crippen molar-refractivity contribution in [2.45, 2.75) is 20.4 Å². The molecule has 0 aliphatic carbocycles. The van der Waals surface area contributed by atoms with Gasteiger partial charge in [0.2, 0.25) is 11.7 Å². The second kappa shape index (κ2) is 6.80. The zero-order valence-electron chi connectivity index (χ0n) is 13.3. The lowest BCUT2D eigenvalue weighted by atomic mass is 10.1. The van der Waals surface area contributed by atoms with E-state index in [1.165, 1.54) is 4.80 Å². The third-order valence-corrected chi connectivity index (χ3v) is 4.00. The predicted octanol–water partition coefficient (Wildman–Crippen LogP) is 3.25. The number of carbonyl (C=O) groups is 1. The molecule has 122 valence electrons. The molecule has 6 nitrogen and oxygen atoms in total. The number of nitrogens with one attached hydrogen (secondary N) is 1. The summed E-state index contributed by atoms with van der Waals surface area (Å²) >= 11 is 6.05. The van der Waals surface area contributed by atoms with Gasteiger partial charge in [-0.25, -0.2) is 0 Å². The van der Waals surface area contributed by atoms with E-state index in [2.05, 4.69) is 20.7 Å². The fourth-order valence-electron chi connectivity index (χ4n) is 2.19. The van der Waals surface area contributed by atoms with Crippen molar-refractivity contribution < 1.29 is 4.79 Å². The number of rotatable bonds is 4. The highest BCUT2D eigenvalue weighted by molar-refractivity contribution is 6.31. The number of nitrogens with zero attached hydrogens (tertiary/aromatic N) is 4. The van der Waals surface area contributed by atoms with Gasteiger partial charge in [0.05, 0.1) is 0 Å². The molecule has 0 saturated carbocycles. The topological polar surface area (TPSA) is 72.7 Å². The van der Waals surface area contributed by atoms with Crippen LogP contribution in [0.25, 0.3) is 11.4 Å². The fourth-order valence-corrected chi connectivity index (χ4v) is 2.36. The van der Waals surface area contributed by atoms with Gasteiger partial charge in [0.25, 0.3) is 0 Å². The van der Waals surface area contributed by atoms with Gasteiger partial charge in [0.1, 0.15) is 6.54 Å². The van der Waals surface area contributed by atoms with Gasteiger partial charge in [-0.2, -0.15) is 4.80 Å². The summed E-state index contributed by atoms with van der Waals surface area (Å²) in [6.45, 7) is 3.84. The number of halogens is 1. The summed E-state index contributed by atoms with van der Waals surface area (Å²) in [6, 6.07) is 13.2. The second-order valence-corrected chi connectivity index (χ2v) is 5.88. The third kappa shape index (κ3) is 3.60. The van der Waals surface area contributed by atoms with Crippen molar-refractivity contribution in [3.8, 4) is 11.4 Å². The van der Waals surface area contributed by atoms with Crippen LogP contribution in [0.5, 0.6) is 0 Å². The smallest absolute Gasteiger partial charge is 0.248 e. The molecule has 0 spiro atoms. The molecule has 3 aromatic rings. The molecule has 0 fully saturated rings. The molecule has 24 heavy (non-hydrogen) atoms. The number of amides is 1. The van der Waals surface area contributed by atoms with E-state index in [-0.39, 0.29) is 12.5 Å². The first-order chi connectivity index (χ1) is 11.5. The summed E-state index contributed by atoms with van der Waals surface area (Å²) in [5.74, 6) is 0.245. The van der Waals surface area contributed by atoms with Crippen molar-refractivity contribution in [3.05, 3.63) is 58.6 Å². The molecule has 0 unspecified atom stereocenters. The molecule has 2 aromatic carbocycles. The van der Waals surface area contributed by atoms with Crippen LogP contribution in [0.4, 0.5) is 5.69 Å². The average Bonchev–Trinajstić information content (AvgIpc) is 3.01. The maximum absolute atomic E-state index is 12.2. The Morgan fingerprint density at radius 1 is 1.17 bits per heavy atom. The Labute approximate surface area is 144 Å². The van der Waals surface area contributed by atoms with Gasteiger partial charge < -0.3 is 5.32 Å². The Balaban J connectivity index is 1.69. The highest BCUT2D eigenvalue weighted by Crippen LogP contribution is 2.22. The molecule has 1 N–H and O–H groups in total. The lowest BCUT2D eigenvalue weighted by Crippen LogP contribution is -2.21. The molecule has 0 aliphatic rings. The maximum atomic E-state index is 12.2. The first-order valence-corrected chi connectivity index (χ1v) is 7.80. The lowest BCUT2D eigenvalue weighted by Gasteiger charge is -2.08. The van der Waals surface area contributed by atoms with E-state index in [1.54, 1.807) is 18.2 Å². The van der Waals surface area contributed by atoms with Crippen molar-refractivity contribution in [2.75, 3.05) is 5.32 Å². The lowest BCUT2D eigenvalue weighted by molar-refractivity contribution is -0.117. The van der Waals surface area contributed by atoms with E-state index in [0.29, 0.717) is 16.5 Å². The first kappa shape index (κ1) is 16.1. The Hall–Kier alpha value is -2.73. The number of aryl methyl sites for hydroxylation is 1. The zero-order chi connectivity index (χ0) is 17.1. The number of carbonyl (C=O) groups excluding carboxylic acids is 1. The molecule has 0 aliphatic heterocycles. The van der Waals surface area contributed by atoms with Crippen molar-refractivity contribution >= 4 is 23.2 Å². The Bertz CT molecular complexity index is 873. The van der Waals surface area contributed by atoms with Crippen molar-refractivity contribution in [3.63, 3.8) is 0 Å². The van der Waals surface area contributed by atoms with E-state index >= 15 is 0 Å². The van der Waals surface area contributed by atoms with Gasteiger partial charge in [-0.05, 0) is 36.8 Å². The minimum atomic E-state index is -0.242. The highest BCUT2D eigenvalue weighted by atomic mass is 35.5. The summed E-state index contributed by atoms with van der Waals surface area (Å²) in [5.41, 5.74) is 3.51. The summed E-state index contributed by atoms with van der Waals surface area (Å²) in [7, 11) is 0. The number of anilines is 1. The minimum Gasteiger partial charge on any atom is -0.324 e. The van der Waals surface area contributed by atoms with Crippen LogP contribution < -0.4 is 5.32 Å². The molecule has 0 saturated heterocycles. The van der Waals surface area contributed by atoms with Gasteiger partial charge in [-0.3, -0.25) is 4.79 Å². The molecule has 1 heterocycles. The SMILES string of the molecule is Cc1ccc(-c2nnn(CC(=O)Nc3cccc(Cl)c3C)n2)cc1. The van der Waals surface area contributed by atoms with Gasteiger partial charge in [-0.1, -0.05) is 47.5 Å². The van der Waals surface area contributed by atoms with Gasteiger partial charge >= 0.3 is 0 Å². The van der Waals surface area contributed by atoms with Crippen LogP contribution in [0.2, 0.25) is 5.02 Å². The van der Waals surface area contributed by atoms with Crippen LogP contribution in [0.1, 0.15) is 11.1 Å². The second-order valence-electron chi connectivity index (χ2n) is 5.47. The number of tetrazole rings is 1. The highest BCUT2D eigenvalue weighted by Gasteiger charge is 2.11. The van der Waals surface area contributed by atoms with Crippen LogP contribution in [-0.4, -0.2) is 26.1 Å². The maximum Gasteiger partial charge on any atom is 0.248 e. The largest absolute Gasteiger partial charge is 0.324 e. The van der Waals surface area contributed by atoms with E-state index in [0.717, 1.165) is 16.7 Å². The minimum absolute atomic E-state index is 0.0230. The molecule has 1 aromatic heterocycles. The molecular formula is C17H16ClN5O. The normalized spacial score (nSPS) is 10.6. The molecule has 3 rings (SSSR count). The van der Waals surface area contributed by atoms with Crippen LogP contribution in [0.3, 0.4) is 0 Å². The third-order valence-electron chi connectivity index (χ3n) is 3.59. The molecule has 0 radical (unpaired) electrons. The first-order valence-electron chi connectivity index (χ1n) is 7.43. The van der Waals surface area contributed by atoms with Crippen molar-refractivity contribution in [2.24, 2.45) is 0 Å².